The Kier molecular flexibility index (Phi) is 5.80. The van der Waals surface area contributed by atoms with Gasteiger partial charge in [0.05, 0.1) is 14.2 Å². The first-order valence-electron chi connectivity index (χ1n) is 8.68. The van der Waals surface area contributed by atoms with Crippen molar-refractivity contribution >= 4 is 11.3 Å². The molecule has 1 aliphatic rings. The van der Waals surface area contributed by atoms with E-state index in [2.05, 4.69) is 35.9 Å². The molecule has 24 heavy (non-hydrogen) atoms. The van der Waals surface area contributed by atoms with Crippen LogP contribution in [-0.2, 0) is 12.8 Å². The zero-order valence-corrected chi connectivity index (χ0v) is 15.6. The van der Waals surface area contributed by atoms with E-state index in [4.69, 9.17) is 9.47 Å². The lowest BCUT2D eigenvalue weighted by Gasteiger charge is -2.34. The summed E-state index contributed by atoms with van der Waals surface area (Å²) in [7, 11) is 5.55. The van der Waals surface area contributed by atoms with Crippen LogP contribution in [0.2, 0.25) is 0 Å². The summed E-state index contributed by atoms with van der Waals surface area (Å²) in [5, 5.41) is 5.58. The molecule has 3 rings (SSSR count). The summed E-state index contributed by atoms with van der Waals surface area (Å²) in [6, 6.07) is 8.64. The summed E-state index contributed by atoms with van der Waals surface area (Å²) in [6.07, 6.45) is 4.70. The first-order valence-corrected chi connectivity index (χ1v) is 9.56. The third-order valence-corrected chi connectivity index (χ3v) is 5.97. The third kappa shape index (κ3) is 3.60. The molecule has 0 fully saturated rings. The van der Waals surface area contributed by atoms with Gasteiger partial charge in [0.1, 0.15) is 11.5 Å². The Balaban J connectivity index is 1.96. The summed E-state index contributed by atoms with van der Waals surface area (Å²) >= 11 is 1.86. The van der Waals surface area contributed by atoms with E-state index in [0.717, 1.165) is 30.9 Å². The predicted molar refractivity (Wildman–Crippen MR) is 101 cm³/mol. The fourth-order valence-corrected chi connectivity index (χ4v) is 4.80. The zero-order valence-electron chi connectivity index (χ0n) is 14.8. The van der Waals surface area contributed by atoms with Crippen molar-refractivity contribution in [1.29, 1.82) is 0 Å². The van der Waals surface area contributed by atoms with Crippen LogP contribution in [0.5, 0.6) is 11.5 Å². The highest BCUT2D eigenvalue weighted by molar-refractivity contribution is 7.09. The van der Waals surface area contributed by atoms with Crippen LogP contribution in [0.3, 0.4) is 0 Å². The molecule has 2 aromatic rings. The topological polar surface area (TPSA) is 30.5 Å². The summed E-state index contributed by atoms with van der Waals surface area (Å²) in [5.41, 5.74) is 2.80. The van der Waals surface area contributed by atoms with Gasteiger partial charge in [-0.05, 0) is 74.2 Å². The van der Waals surface area contributed by atoms with Crippen LogP contribution in [0, 0.1) is 5.92 Å². The van der Waals surface area contributed by atoms with Crippen molar-refractivity contribution in [3.63, 3.8) is 0 Å². The van der Waals surface area contributed by atoms with Crippen LogP contribution in [0.15, 0.2) is 29.6 Å². The van der Waals surface area contributed by atoms with Gasteiger partial charge in [-0.1, -0.05) is 6.07 Å². The van der Waals surface area contributed by atoms with E-state index in [1.807, 2.05) is 17.4 Å². The van der Waals surface area contributed by atoms with Crippen LogP contribution in [0.25, 0.3) is 0 Å². The fourth-order valence-electron chi connectivity index (χ4n) is 4.00. The number of benzene rings is 1. The van der Waals surface area contributed by atoms with Crippen LogP contribution in [-0.4, -0.2) is 27.8 Å². The van der Waals surface area contributed by atoms with E-state index in [1.54, 1.807) is 14.2 Å². The lowest BCUT2D eigenvalue weighted by molar-refractivity contribution is 0.339. The average molecular weight is 346 g/mol. The number of aryl methyl sites for hydroxylation is 1. The molecule has 1 aromatic carbocycles. The molecule has 0 radical (unpaired) electrons. The minimum absolute atomic E-state index is 0.532. The van der Waals surface area contributed by atoms with Gasteiger partial charge in [-0.25, -0.2) is 0 Å². The maximum Gasteiger partial charge on any atom is 0.126 e. The van der Waals surface area contributed by atoms with Crippen LogP contribution >= 0.6 is 11.3 Å². The van der Waals surface area contributed by atoms with Crippen molar-refractivity contribution < 1.29 is 9.47 Å². The SMILES string of the molecule is CNCC(Cc1cccs1)C1CCCc2cc(OC)cc(OC)c21. The van der Waals surface area contributed by atoms with Crippen LogP contribution in [0.4, 0.5) is 0 Å². The average Bonchev–Trinajstić information content (AvgIpc) is 3.12. The molecule has 1 N–H and O–H groups in total. The van der Waals surface area contributed by atoms with E-state index >= 15 is 0 Å². The summed E-state index contributed by atoms with van der Waals surface area (Å²) < 4.78 is 11.2. The van der Waals surface area contributed by atoms with Gasteiger partial charge in [-0.15, -0.1) is 11.3 Å². The van der Waals surface area contributed by atoms with Crippen molar-refractivity contribution in [2.24, 2.45) is 5.92 Å². The highest BCUT2D eigenvalue weighted by Gasteiger charge is 2.31. The second kappa shape index (κ2) is 8.04. The van der Waals surface area contributed by atoms with Crippen molar-refractivity contribution in [3.8, 4) is 11.5 Å². The minimum atomic E-state index is 0.532. The Labute approximate surface area is 149 Å². The number of thiophene rings is 1. The van der Waals surface area contributed by atoms with Gasteiger partial charge in [0.25, 0.3) is 0 Å². The van der Waals surface area contributed by atoms with E-state index < -0.39 is 0 Å². The van der Waals surface area contributed by atoms with Gasteiger partial charge in [0, 0.05) is 16.5 Å². The maximum absolute atomic E-state index is 5.75. The molecule has 0 aliphatic heterocycles. The number of ether oxygens (including phenoxy) is 2. The third-order valence-electron chi connectivity index (χ3n) is 5.07. The highest BCUT2D eigenvalue weighted by Crippen LogP contribution is 2.45. The number of methoxy groups -OCH3 is 2. The molecule has 2 unspecified atom stereocenters. The smallest absolute Gasteiger partial charge is 0.126 e. The molecule has 1 aliphatic carbocycles. The maximum atomic E-state index is 5.75. The Morgan fingerprint density at radius 1 is 1.29 bits per heavy atom. The Morgan fingerprint density at radius 3 is 2.83 bits per heavy atom. The van der Waals surface area contributed by atoms with Gasteiger partial charge in [-0.3, -0.25) is 0 Å². The second-order valence-electron chi connectivity index (χ2n) is 6.50. The predicted octanol–water partition coefficient (Wildman–Crippen LogP) is 4.26. The molecule has 3 nitrogen and oxygen atoms in total. The van der Waals surface area contributed by atoms with Crippen LogP contribution < -0.4 is 14.8 Å². The molecule has 1 aromatic heterocycles. The summed E-state index contributed by atoms with van der Waals surface area (Å²) in [6.45, 7) is 1.02. The molecule has 4 heteroatoms. The number of hydrogen-bond donors (Lipinski definition) is 1. The van der Waals surface area contributed by atoms with E-state index in [9.17, 15) is 0 Å². The van der Waals surface area contributed by atoms with Crippen molar-refractivity contribution in [2.75, 3.05) is 27.8 Å². The number of nitrogens with one attached hydrogen (secondary N) is 1. The van der Waals surface area contributed by atoms with Gasteiger partial charge in [-0.2, -0.15) is 0 Å². The quantitative estimate of drug-likeness (QED) is 0.813. The van der Waals surface area contributed by atoms with E-state index in [1.165, 1.54) is 28.8 Å². The second-order valence-corrected chi connectivity index (χ2v) is 7.53. The highest BCUT2D eigenvalue weighted by atomic mass is 32.1. The monoisotopic (exact) mass is 345 g/mol. The summed E-state index contributed by atoms with van der Waals surface area (Å²) in [5.74, 6) is 3.00. The van der Waals surface area contributed by atoms with Gasteiger partial charge in [0.15, 0.2) is 0 Å². The van der Waals surface area contributed by atoms with Crippen molar-refractivity contribution in [1.82, 2.24) is 5.32 Å². The van der Waals surface area contributed by atoms with Crippen LogP contribution in [0.1, 0.15) is 34.8 Å². The van der Waals surface area contributed by atoms with Gasteiger partial charge >= 0.3 is 0 Å². The van der Waals surface area contributed by atoms with E-state index in [-0.39, 0.29) is 0 Å². The molecule has 0 bridgehead atoms. The van der Waals surface area contributed by atoms with Gasteiger partial charge < -0.3 is 14.8 Å². The minimum Gasteiger partial charge on any atom is -0.497 e. The molecule has 0 saturated heterocycles. The molecule has 1 heterocycles. The molecule has 0 saturated carbocycles. The van der Waals surface area contributed by atoms with Crippen molar-refractivity contribution in [2.45, 2.75) is 31.6 Å². The number of fused-ring (bicyclic) bond motifs is 1. The molecule has 130 valence electrons. The first kappa shape index (κ1) is 17.3. The largest absolute Gasteiger partial charge is 0.497 e. The zero-order chi connectivity index (χ0) is 16.9. The Morgan fingerprint density at radius 2 is 2.17 bits per heavy atom. The van der Waals surface area contributed by atoms with Gasteiger partial charge in [0.2, 0.25) is 0 Å². The fraction of sp³-hybridized carbons (Fsp3) is 0.500. The summed E-state index contributed by atoms with van der Waals surface area (Å²) in [4.78, 5) is 1.47. The lowest BCUT2D eigenvalue weighted by atomic mass is 9.74. The normalized spacial score (nSPS) is 18.0. The lowest BCUT2D eigenvalue weighted by Crippen LogP contribution is -2.29. The molecule has 0 amide bonds. The standard InChI is InChI=1S/C20H27NO2S/c1-21-13-15(11-17-7-5-9-24-17)18-8-4-6-14-10-16(22-2)12-19(23-3)20(14)18/h5,7,9-10,12,15,18,21H,4,6,8,11,13H2,1-3H3. The molecular weight excluding hydrogens is 318 g/mol. The number of rotatable bonds is 7. The Bertz CT molecular complexity index is 637. The molecule has 2 atom stereocenters. The molecular formula is C20H27NO2S. The van der Waals surface area contributed by atoms with E-state index in [0.29, 0.717) is 11.8 Å². The molecule has 0 spiro atoms. The van der Waals surface area contributed by atoms with Crippen molar-refractivity contribution in [3.05, 3.63) is 45.6 Å². The Hall–Kier alpha value is -1.52. The first-order chi connectivity index (χ1) is 11.8. The number of hydrogen-bond acceptors (Lipinski definition) is 4.